The van der Waals surface area contributed by atoms with Crippen molar-refractivity contribution < 1.29 is 9.59 Å². The van der Waals surface area contributed by atoms with Crippen LogP contribution in [0.5, 0.6) is 0 Å². The van der Waals surface area contributed by atoms with Crippen molar-refractivity contribution in [3.63, 3.8) is 0 Å². The van der Waals surface area contributed by atoms with Crippen molar-refractivity contribution in [1.29, 1.82) is 0 Å². The smallest absolute Gasteiger partial charge is 0.277 e. The zero-order chi connectivity index (χ0) is 15.2. The summed E-state index contributed by atoms with van der Waals surface area (Å²) >= 11 is 0. The molecule has 2 amide bonds. The van der Waals surface area contributed by atoms with Crippen LogP contribution in [0.1, 0.15) is 20.8 Å². The van der Waals surface area contributed by atoms with Crippen LogP contribution in [0, 0.1) is 0 Å². The average Bonchev–Trinajstić information content (AvgIpc) is 2.96. The third-order valence-corrected chi connectivity index (χ3v) is 2.78. The van der Waals surface area contributed by atoms with E-state index in [1.807, 2.05) is 0 Å². The van der Waals surface area contributed by atoms with Gasteiger partial charge in [-0.15, -0.1) is 5.10 Å². The summed E-state index contributed by atoms with van der Waals surface area (Å²) in [5.74, 6) is -0.715. The van der Waals surface area contributed by atoms with Gasteiger partial charge in [0.1, 0.15) is 0 Å². The molecule has 1 aromatic carbocycles. The minimum atomic E-state index is -0.436. The van der Waals surface area contributed by atoms with E-state index in [0.717, 1.165) is 0 Å². The molecule has 21 heavy (non-hydrogen) atoms. The molecule has 0 aliphatic rings. The molecular formula is C13H16N6O2. The molecule has 0 spiro atoms. The molecule has 2 rings (SSSR count). The first-order chi connectivity index (χ1) is 10.2. The van der Waals surface area contributed by atoms with E-state index in [1.165, 1.54) is 17.9 Å². The fourth-order valence-corrected chi connectivity index (χ4v) is 1.76. The number of amides is 2. The number of hydrogen-bond donors (Lipinski definition) is 3. The minimum Gasteiger partial charge on any atom is -0.355 e. The molecule has 8 nitrogen and oxygen atoms in total. The molecule has 0 saturated carbocycles. The number of rotatable bonds is 5. The van der Waals surface area contributed by atoms with Gasteiger partial charge in [0.2, 0.25) is 0 Å². The van der Waals surface area contributed by atoms with Gasteiger partial charge in [0, 0.05) is 13.6 Å². The van der Waals surface area contributed by atoms with Gasteiger partial charge in [-0.05, 0) is 12.1 Å². The van der Waals surface area contributed by atoms with Crippen LogP contribution >= 0.6 is 0 Å². The zero-order valence-electron chi connectivity index (χ0n) is 11.5. The van der Waals surface area contributed by atoms with Crippen molar-refractivity contribution >= 4 is 17.5 Å². The van der Waals surface area contributed by atoms with Gasteiger partial charge in [-0.3, -0.25) is 14.3 Å². The SMILES string of the molecule is CNC(=O)c1ccccc1NC(=O)c1cn(CCN)nn1. The Labute approximate surface area is 121 Å². The lowest BCUT2D eigenvalue weighted by Gasteiger charge is -2.08. The number of nitrogens with two attached hydrogens (primary N) is 1. The van der Waals surface area contributed by atoms with Gasteiger partial charge in [0.05, 0.1) is 24.0 Å². The molecule has 0 saturated heterocycles. The molecule has 2 aromatic rings. The molecule has 0 aliphatic carbocycles. The Morgan fingerprint density at radius 3 is 2.76 bits per heavy atom. The maximum Gasteiger partial charge on any atom is 0.277 e. The first kappa shape index (κ1) is 14.7. The van der Waals surface area contributed by atoms with Crippen LogP contribution in [-0.2, 0) is 6.54 Å². The van der Waals surface area contributed by atoms with Crippen LogP contribution in [0.3, 0.4) is 0 Å². The van der Waals surface area contributed by atoms with Crippen molar-refractivity contribution in [2.45, 2.75) is 6.54 Å². The second-order valence-electron chi connectivity index (χ2n) is 4.23. The minimum absolute atomic E-state index is 0.162. The molecule has 110 valence electrons. The lowest BCUT2D eigenvalue weighted by molar-refractivity contribution is 0.0964. The van der Waals surface area contributed by atoms with Crippen LogP contribution < -0.4 is 16.4 Å². The highest BCUT2D eigenvalue weighted by Crippen LogP contribution is 2.15. The number of carbonyl (C=O) groups excluding carboxylic acids is 2. The lowest BCUT2D eigenvalue weighted by atomic mass is 10.1. The Balaban J connectivity index is 2.17. The highest BCUT2D eigenvalue weighted by molar-refractivity contribution is 6.08. The maximum atomic E-state index is 12.1. The van der Waals surface area contributed by atoms with Crippen LogP contribution in [0.15, 0.2) is 30.5 Å². The molecule has 1 heterocycles. The highest BCUT2D eigenvalue weighted by atomic mass is 16.2. The Kier molecular flexibility index (Phi) is 4.62. The molecule has 0 bridgehead atoms. The summed E-state index contributed by atoms with van der Waals surface area (Å²) in [6.45, 7) is 0.888. The quantitative estimate of drug-likeness (QED) is 0.707. The molecule has 0 radical (unpaired) electrons. The summed E-state index contributed by atoms with van der Waals surface area (Å²) in [4.78, 5) is 23.8. The van der Waals surface area contributed by atoms with E-state index in [4.69, 9.17) is 5.73 Å². The summed E-state index contributed by atoms with van der Waals surface area (Å²) in [5.41, 5.74) is 6.36. The van der Waals surface area contributed by atoms with Crippen molar-refractivity contribution in [1.82, 2.24) is 20.3 Å². The van der Waals surface area contributed by atoms with Gasteiger partial charge in [0.15, 0.2) is 5.69 Å². The number of para-hydroxylation sites is 1. The molecule has 8 heteroatoms. The topological polar surface area (TPSA) is 115 Å². The van der Waals surface area contributed by atoms with Gasteiger partial charge in [0.25, 0.3) is 11.8 Å². The van der Waals surface area contributed by atoms with E-state index in [2.05, 4.69) is 20.9 Å². The van der Waals surface area contributed by atoms with Gasteiger partial charge in [-0.25, -0.2) is 0 Å². The van der Waals surface area contributed by atoms with Crippen LogP contribution in [0.25, 0.3) is 0 Å². The third-order valence-electron chi connectivity index (χ3n) is 2.78. The summed E-state index contributed by atoms with van der Waals surface area (Å²) in [5, 5.41) is 12.7. The second kappa shape index (κ2) is 6.62. The van der Waals surface area contributed by atoms with E-state index in [1.54, 1.807) is 24.3 Å². The van der Waals surface area contributed by atoms with E-state index in [0.29, 0.717) is 24.3 Å². The summed E-state index contributed by atoms with van der Waals surface area (Å²) in [6.07, 6.45) is 1.50. The normalized spacial score (nSPS) is 10.2. The largest absolute Gasteiger partial charge is 0.355 e. The standard InChI is InChI=1S/C13H16N6O2/c1-15-12(20)9-4-2-3-5-10(9)16-13(21)11-8-19(7-6-14)18-17-11/h2-5,8H,6-7,14H2,1H3,(H,15,20)(H,16,21). The van der Waals surface area contributed by atoms with Gasteiger partial charge in [-0.1, -0.05) is 17.3 Å². The van der Waals surface area contributed by atoms with E-state index < -0.39 is 5.91 Å². The van der Waals surface area contributed by atoms with Crippen molar-refractivity contribution in [2.24, 2.45) is 5.73 Å². The van der Waals surface area contributed by atoms with Crippen molar-refractivity contribution in [2.75, 3.05) is 18.9 Å². The molecule has 0 aliphatic heterocycles. The van der Waals surface area contributed by atoms with Crippen molar-refractivity contribution in [3.8, 4) is 0 Å². The second-order valence-corrected chi connectivity index (χ2v) is 4.23. The van der Waals surface area contributed by atoms with Gasteiger partial charge >= 0.3 is 0 Å². The lowest BCUT2D eigenvalue weighted by Crippen LogP contribution is -2.21. The molecule has 0 unspecified atom stereocenters. The summed E-state index contributed by atoms with van der Waals surface area (Å²) in [6, 6.07) is 6.72. The van der Waals surface area contributed by atoms with Crippen molar-refractivity contribution in [3.05, 3.63) is 41.7 Å². The van der Waals surface area contributed by atoms with E-state index in [-0.39, 0.29) is 11.6 Å². The number of benzene rings is 1. The Morgan fingerprint density at radius 2 is 2.05 bits per heavy atom. The van der Waals surface area contributed by atoms with Gasteiger partial charge in [-0.2, -0.15) is 0 Å². The number of hydrogen-bond acceptors (Lipinski definition) is 5. The number of aromatic nitrogens is 3. The molecular weight excluding hydrogens is 272 g/mol. The molecule has 4 N–H and O–H groups in total. The fraction of sp³-hybridized carbons (Fsp3) is 0.231. The Bertz CT molecular complexity index is 652. The van der Waals surface area contributed by atoms with E-state index in [9.17, 15) is 9.59 Å². The predicted molar refractivity (Wildman–Crippen MR) is 76.9 cm³/mol. The molecule has 0 atom stereocenters. The molecule has 0 fully saturated rings. The number of nitrogens with one attached hydrogen (secondary N) is 2. The Morgan fingerprint density at radius 1 is 1.29 bits per heavy atom. The average molecular weight is 288 g/mol. The first-order valence-electron chi connectivity index (χ1n) is 6.38. The van der Waals surface area contributed by atoms with E-state index >= 15 is 0 Å². The molecule has 1 aromatic heterocycles. The number of carbonyl (C=O) groups is 2. The van der Waals surface area contributed by atoms with Crippen LogP contribution in [0.4, 0.5) is 5.69 Å². The zero-order valence-corrected chi connectivity index (χ0v) is 11.5. The first-order valence-corrected chi connectivity index (χ1v) is 6.38. The highest BCUT2D eigenvalue weighted by Gasteiger charge is 2.15. The maximum absolute atomic E-state index is 12.1. The summed E-state index contributed by atoms with van der Waals surface area (Å²) < 4.78 is 1.49. The van der Waals surface area contributed by atoms with Crippen LogP contribution in [-0.4, -0.2) is 40.4 Å². The number of anilines is 1. The van der Waals surface area contributed by atoms with Gasteiger partial charge < -0.3 is 16.4 Å². The monoisotopic (exact) mass is 288 g/mol. The fourth-order valence-electron chi connectivity index (χ4n) is 1.76. The third kappa shape index (κ3) is 3.42. The Hall–Kier alpha value is -2.74. The number of nitrogens with zero attached hydrogens (tertiary/aromatic N) is 3. The van der Waals surface area contributed by atoms with Crippen LogP contribution in [0.2, 0.25) is 0 Å². The predicted octanol–water partition coefficient (Wildman–Crippen LogP) is -0.151. The summed E-state index contributed by atoms with van der Waals surface area (Å²) in [7, 11) is 1.53.